The van der Waals surface area contributed by atoms with Gasteiger partial charge in [-0.1, -0.05) is 42.0 Å². The fraction of sp³-hybridized carbons (Fsp3) is 0.600. The summed E-state index contributed by atoms with van der Waals surface area (Å²) in [5, 5.41) is 7.07. The van der Waals surface area contributed by atoms with Crippen LogP contribution in [0.2, 0.25) is 0 Å². The molecule has 0 atom stereocenters. The summed E-state index contributed by atoms with van der Waals surface area (Å²) in [6.07, 6.45) is 10.7. The number of hydrogen-bond acceptors (Lipinski definition) is 3. The maximum Gasteiger partial charge on any atom is 0.243 e. The molecule has 1 aromatic carbocycles. The molecular formula is C25H39N5O. The van der Waals surface area contributed by atoms with E-state index in [9.17, 15) is 4.79 Å². The van der Waals surface area contributed by atoms with Gasteiger partial charge in [-0.2, -0.15) is 0 Å². The van der Waals surface area contributed by atoms with Crippen molar-refractivity contribution in [3.05, 3.63) is 47.5 Å². The summed E-state index contributed by atoms with van der Waals surface area (Å²) in [6.45, 7) is 4.20. The minimum atomic E-state index is 0.0220. The highest BCUT2D eigenvalue weighted by Gasteiger charge is 2.20. The Bertz CT molecular complexity index is 736. The predicted molar refractivity (Wildman–Crippen MR) is 128 cm³/mol. The second-order valence-electron chi connectivity index (χ2n) is 8.92. The highest BCUT2D eigenvalue weighted by atomic mass is 16.2. The fourth-order valence-corrected chi connectivity index (χ4v) is 4.18. The Morgan fingerprint density at radius 3 is 2.61 bits per heavy atom. The molecular weight excluding hydrogens is 386 g/mol. The van der Waals surface area contributed by atoms with Gasteiger partial charge in [0, 0.05) is 46.3 Å². The van der Waals surface area contributed by atoms with E-state index in [1.54, 1.807) is 24.6 Å². The number of nitrogens with one attached hydrogen (secondary N) is 2. The minimum absolute atomic E-state index is 0.0220. The maximum absolute atomic E-state index is 12.0. The van der Waals surface area contributed by atoms with Gasteiger partial charge in [-0.05, 0) is 50.5 Å². The quantitative estimate of drug-likeness (QED) is 0.382. The monoisotopic (exact) mass is 425 g/mol. The molecule has 1 heterocycles. The van der Waals surface area contributed by atoms with Crippen LogP contribution in [-0.4, -0.2) is 68.0 Å². The van der Waals surface area contributed by atoms with Crippen molar-refractivity contribution in [1.29, 1.82) is 0 Å². The molecule has 0 saturated carbocycles. The third kappa shape index (κ3) is 8.37. The summed E-state index contributed by atoms with van der Waals surface area (Å²) in [5.74, 6) is 0.793. The molecule has 0 spiro atoms. The minimum Gasteiger partial charge on any atom is -0.356 e. The van der Waals surface area contributed by atoms with E-state index >= 15 is 0 Å². The number of benzene rings is 1. The van der Waals surface area contributed by atoms with E-state index in [4.69, 9.17) is 0 Å². The molecule has 1 aliphatic heterocycles. The molecule has 2 aliphatic rings. The van der Waals surface area contributed by atoms with Crippen LogP contribution in [0.1, 0.15) is 50.5 Å². The van der Waals surface area contributed by atoms with E-state index in [0.29, 0.717) is 6.04 Å². The zero-order valence-electron chi connectivity index (χ0n) is 19.3. The molecule has 6 heteroatoms. The van der Waals surface area contributed by atoms with Crippen LogP contribution < -0.4 is 10.6 Å². The zero-order chi connectivity index (χ0) is 21.9. The molecule has 1 aromatic rings. The highest BCUT2D eigenvalue weighted by molar-refractivity contribution is 5.84. The van der Waals surface area contributed by atoms with E-state index in [1.165, 1.54) is 31.2 Å². The molecule has 0 unspecified atom stereocenters. The molecule has 1 saturated heterocycles. The SMILES string of the molecule is CN(C)C(=O)CN=C(NCCC1=CCCCC1)NC1CCN(Cc2ccccc2)CC1. The Kier molecular flexibility index (Phi) is 9.40. The van der Waals surface area contributed by atoms with Crippen molar-refractivity contribution in [3.8, 4) is 0 Å². The van der Waals surface area contributed by atoms with Crippen LogP contribution >= 0.6 is 0 Å². The van der Waals surface area contributed by atoms with Gasteiger partial charge in [0.05, 0.1) is 0 Å². The summed E-state index contributed by atoms with van der Waals surface area (Å²) in [7, 11) is 3.55. The number of hydrogen-bond donors (Lipinski definition) is 2. The molecule has 6 nitrogen and oxygen atoms in total. The smallest absolute Gasteiger partial charge is 0.243 e. The van der Waals surface area contributed by atoms with Crippen LogP contribution in [0.4, 0.5) is 0 Å². The first kappa shape index (κ1) is 23.3. The van der Waals surface area contributed by atoms with Crippen molar-refractivity contribution in [2.45, 2.75) is 57.5 Å². The molecule has 0 bridgehead atoms. The topological polar surface area (TPSA) is 60.0 Å². The van der Waals surface area contributed by atoms with Crippen molar-refractivity contribution in [1.82, 2.24) is 20.4 Å². The first-order valence-corrected chi connectivity index (χ1v) is 11.8. The van der Waals surface area contributed by atoms with Gasteiger partial charge in [0.25, 0.3) is 0 Å². The highest BCUT2D eigenvalue weighted by Crippen LogP contribution is 2.19. The average molecular weight is 426 g/mol. The van der Waals surface area contributed by atoms with Gasteiger partial charge in [0.1, 0.15) is 6.54 Å². The van der Waals surface area contributed by atoms with Crippen molar-refractivity contribution in [2.24, 2.45) is 4.99 Å². The number of nitrogens with zero attached hydrogens (tertiary/aromatic N) is 3. The van der Waals surface area contributed by atoms with Crippen molar-refractivity contribution in [3.63, 3.8) is 0 Å². The summed E-state index contributed by atoms with van der Waals surface area (Å²) >= 11 is 0. The van der Waals surface area contributed by atoms with Crippen LogP contribution in [0.15, 0.2) is 47.0 Å². The van der Waals surface area contributed by atoms with Gasteiger partial charge in [-0.15, -0.1) is 0 Å². The lowest BCUT2D eigenvalue weighted by Gasteiger charge is -2.33. The molecule has 0 aromatic heterocycles. The number of aliphatic imine (C=N–C) groups is 1. The van der Waals surface area contributed by atoms with Crippen LogP contribution in [0, 0.1) is 0 Å². The van der Waals surface area contributed by atoms with Crippen LogP contribution in [0.3, 0.4) is 0 Å². The van der Waals surface area contributed by atoms with Crippen LogP contribution in [0.5, 0.6) is 0 Å². The Balaban J connectivity index is 1.48. The van der Waals surface area contributed by atoms with E-state index in [2.05, 4.69) is 56.9 Å². The summed E-state index contributed by atoms with van der Waals surface area (Å²) in [4.78, 5) is 20.7. The summed E-state index contributed by atoms with van der Waals surface area (Å²) < 4.78 is 0. The lowest BCUT2D eigenvalue weighted by atomic mass is 9.97. The molecule has 3 rings (SSSR count). The number of carbonyl (C=O) groups is 1. The van der Waals surface area contributed by atoms with Crippen molar-refractivity contribution < 1.29 is 4.79 Å². The van der Waals surface area contributed by atoms with Crippen LogP contribution in [0.25, 0.3) is 0 Å². The Morgan fingerprint density at radius 1 is 1.16 bits per heavy atom. The lowest BCUT2D eigenvalue weighted by Crippen LogP contribution is -2.49. The van der Waals surface area contributed by atoms with Crippen LogP contribution in [-0.2, 0) is 11.3 Å². The Hall–Kier alpha value is -2.34. The van der Waals surface area contributed by atoms with Gasteiger partial charge in [0.15, 0.2) is 5.96 Å². The van der Waals surface area contributed by atoms with Gasteiger partial charge in [0.2, 0.25) is 5.91 Å². The number of amides is 1. The maximum atomic E-state index is 12.0. The largest absolute Gasteiger partial charge is 0.356 e. The molecule has 2 N–H and O–H groups in total. The van der Waals surface area contributed by atoms with Gasteiger partial charge in [-0.25, -0.2) is 4.99 Å². The fourth-order valence-electron chi connectivity index (χ4n) is 4.18. The van der Waals surface area contributed by atoms with E-state index in [1.807, 2.05) is 0 Å². The third-order valence-electron chi connectivity index (χ3n) is 6.17. The van der Waals surface area contributed by atoms with E-state index < -0.39 is 0 Å². The number of allylic oxidation sites excluding steroid dienone is 1. The van der Waals surface area contributed by atoms with E-state index in [-0.39, 0.29) is 12.5 Å². The molecule has 31 heavy (non-hydrogen) atoms. The zero-order valence-corrected chi connectivity index (χ0v) is 19.3. The van der Waals surface area contributed by atoms with Crippen molar-refractivity contribution in [2.75, 3.05) is 40.3 Å². The normalized spacial score (nSPS) is 18.4. The molecule has 1 fully saturated rings. The lowest BCUT2D eigenvalue weighted by molar-refractivity contribution is -0.127. The Morgan fingerprint density at radius 2 is 1.94 bits per heavy atom. The van der Waals surface area contributed by atoms with E-state index in [0.717, 1.165) is 51.4 Å². The van der Waals surface area contributed by atoms with Gasteiger partial charge < -0.3 is 15.5 Å². The predicted octanol–water partition coefficient (Wildman–Crippen LogP) is 3.16. The first-order chi connectivity index (χ1) is 15.1. The number of guanidine groups is 1. The van der Waals surface area contributed by atoms with Gasteiger partial charge in [-0.3, -0.25) is 9.69 Å². The number of likely N-dealkylation sites (N-methyl/N-ethyl adjacent to an activating group) is 1. The molecule has 1 amide bonds. The number of rotatable bonds is 8. The Labute approximate surface area is 187 Å². The second kappa shape index (κ2) is 12.5. The molecule has 170 valence electrons. The standard InChI is InChI=1S/C25H39N5O/c1-29(2)24(31)19-27-25(26-16-13-21-9-5-3-6-10-21)28-23-14-17-30(18-15-23)20-22-11-7-4-8-12-22/h4,7-9,11-12,23H,3,5-6,10,13-20H2,1-2H3,(H2,26,27,28). The number of carbonyl (C=O) groups excluding carboxylic acids is 1. The number of likely N-dealkylation sites (tertiary alicyclic amines) is 1. The average Bonchev–Trinajstić information content (AvgIpc) is 2.79. The summed E-state index contributed by atoms with van der Waals surface area (Å²) in [5.41, 5.74) is 2.92. The third-order valence-corrected chi connectivity index (χ3v) is 6.17. The molecule has 0 radical (unpaired) electrons. The summed E-state index contributed by atoms with van der Waals surface area (Å²) in [6, 6.07) is 11.1. The van der Waals surface area contributed by atoms with Gasteiger partial charge >= 0.3 is 0 Å². The first-order valence-electron chi connectivity index (χ1n) is 11.8. The van der Waals surface area contributed by atoms with Crippen molar-refractivity contribution >= 4 is 11.9 Å². The molecule has 1 aliphatic carbocycles. The second-order valence-corrected chi connectivity index (χ2v) is 8.92. The number of piperidine rings is 1.